The third kappa shape index (κ3) is 3.98. The van der Waals surface area contributed by atoms with Gasteiger partial charge in [0.1, 0.15) is 0 Å². The Balaban J connectivity index is 1.89. The van der Waals surface area contributed by atoms with Crippen LogP contribution in [-0.4, -0.2) is 53.1 Å². The molecule has 0 radical (unpaired) electrons. The molecule has 0 spiro atoms. The van der Waals surface area contributed by atoms with E-state index in [-0.39, 0.29) is 15.8 Å². The maximum absolute atomic E-state index is 12.8. The number of hydrogen-bond acceptors (Lipinski definition) is 5. The Hall–Kier alpha value is -1.74. The fourth-order valence-electron chi connectivity index (χ4n) is 2.99. The average Bonchev–Trinajstić information content (AvgIpc) is 2.61. The number of sulfonamides is 1. The predicted molar refractivity (Wildman–Crippen MR) is 101 cm³/mol. The highest BCUT2D eigenvalue weighted by molar-refractivity contribution is 7.90. The van der Waals surface area contributed by atoms with E-state index in [1.54, 1.807) is 48.5 Å². The molecule has 8 heteroatoms. The summed E-state index contributed by atoms with van der Waals surface area (Å²) in [7, 11) is -6.82. The molecule has 0 unspecified atom stereocenters. The van der Waals surface area contributed by atoms with E-state index < -0.39 is 19.9 Å². The van der Waals surface area contributed by atoms with Gasteiger partial charge in [-0.15, -0.1) is 0 Å². The SMILES string of the molecule is C[C@@H]1CN(S(=O)(=O)c2ccc(-c3cccc(S(C)(=O)=O)c3)cc2)CCN1. The molecule has 6 nitrogen and oxygen atoms in total. The van der Waals surface area contributed by atoms with Crippen LogP contribution in [0.3, 0.4) is 0 Å². The van der Waals surface area contributed by atoms with Crippen molar-refractivity contribution in [1.82, 2.24) is 9.62 Å². The van der Waals surface area contributed by atoms with E-state index in [0.29, 0.717) is 19.6 Å². The second-order valence-corrected chi connectivity index (χ2v) is 10.5. The first-order valence-corrected chi connectivity index (χ1v) is 11.7. The smallest absolute Gasteiger partial charge is 0.243 e. The first kappa shape index (κ1) is 19.0. The Morgan fingerprint density at radius 2 is 1.65 bits per heavy atom. The van der Waals surface area contributed by atoms with Gasteiger partial charge in [0.25, 0.3) is 0 Å². The lowest BCUT2D eigenvalue weighted by Crippen LogP contribution is -2.51. The van der Waals surface area contributed by atoms with Crippen LogP contribution in [0.2, 0.25) is 0 Å². The Kier molecular flexibility index (Phi) is 5.21. The lowest BCUT2D eigenvalue weighted by atomic mass is 10.1. The van der Waals surface area contributed by atoms with E-state index in [1.807, 2.05) is 6.92 Å². The van der Waals surface area contributed by atoms with E-state index >= 15 is 0 Å². The molecular weight excluding hydrogens is 372 g/mol. The molecule has 2 aromatic carbocycles. The maximum atomic E-state index is 12.8. The van der Waals surface area contributed by atoms with E-state index in [9.17, 15) is 16.8 Å². The van der Waals surface area contributed by atoms with Crippen LogP contribution in [0.1, 0.15) is 6.92 Å². The summed E-state index contributed by atoms with van der Waals surface area (Å²) in [5.74, 6) is 0. The first-order chi connectivity index (χ1) is 12.2. The molecule has 0 bridgehead atoms. The van der Waals surface area contributed by atoms with Crippen LogP contribution >= 0.6 is 0 Å². The molecule has 1 fully saturated rings. The van der Waals surface area contributed by atoms with Crippen LogP contribution in [0.4, 0.5) is 0 Å². The third-order valence-electron chi connectivity index (χ3n) is 4.42. The van der Waals surface area contributed by atoms with Gasteiger partial charge in [-0.05, 0) is 42.3 Å². The van der Waals surface area contributed by atoms with E-state index in [2.05, 4.69) is 5.32 Å². The van der Waals surface area contributed by atoms with Gasteiger partial charge in [0.15, 0.2) is 9.84 Å². The largest absolute Gasteiger partial charge is 0.312 e. The highest BCUT2D eigenvalue weighted by atomic mass is 32.2. The molecular formula is C18H22N2O4S2. The molecule has 0 aliphatic carbocycles. The molecule has 1 heterocycles. The summed E-state index contributed by atoms with van der Waals surface area (Å²) in [5.41, 5.74) is 1.50. The summed E-state index contributed by atoms with van der Waals surface area (Å²) < 4.78 is 50.5. The number of sulfone groups is 1. The lowest BCUT2D eigenvalue weighted by molar-refractivity contribution is 0.310. The number of benzene rings is 2. The molecule has 0 amide bonds. The van der Waals surface area contributed by atoms with Gasteiger partial charge in [0.2, 0.25) is 10.0 Å². The predicted octanol–water partition coefficient (Wildman–Crippen LogP) is 1.74. The zero-order valence-electron chi connectivity index (χ0n) is 14.7. The van der Waals surface area contributed by atoms with Gasteiger partial charge >= 0.3 is 0 Å². The summed E-state index contributed by atoms with van der Waals surface area (Å²) in [6.07, 6.45) is 1.16. The number of piperazine rings is 1. The molecule has 26 heavy (non-hydrogen) atoms. The molecule has 0 saturated carbocycles. The molecule has 1 aliphatic rings. The fraction of sp³-hybridized carbons (Fsp3) is 0.333. The maximum Gasteiger partial charge on any atom is 0.243 e. The van der Waals surface area contributed by atoms with Crippen molar-refractivity contribution in [1.29, 1.82) is 0 Å². The van der Waals surface area contributed by atoms with Crippen LogP contribution in [0.15, 0.2) is 58.3 Å². The molecule has 1 N–H and O–H groups in total. The van der Waals surface area contributed by atoms with Crippen LogP contribution in [0.5, 0.6) is 0 Å². The Morgan fingerprint density at radius 3 is 2.27 bits per heavy atom. The highest BCUT2D eigenvalue weighted by Crippen LogP contribution is 2.25. The molecule has 2 aromatic rings. The van der Waals surface area contributed by atoms with Crippen molar-refractivity contribution in [3.8, 4) is 11.1 Å². The number of hydrogen-bond donors (Lipinski definition) is 1. The second-order valence-electron chi connectivity index (χ2n) is 6.54. The number of nitrogens with one attached hydrogen (secondary N) is 1. The van der Waals surface area contributed by atoms with Gasteiger partial charge in [0, 0.05) is 31.9 Å². The van der Waals surface area contributed by atoms with Crippen LogP contribution in [-0.2, 0) is 19.9 Å². The zero-order chi connectivity index (χ0) is 18.9. The van der Waals surface area contributed by atoms with E-state index in [1.165, 1.54) is 4.31 Å². The first-order valence-electron chi connectivity index (χ1n) is 8.32. The van der Waals surface area contributed by atoms with Crippen molar-refractivity contribution >= 4 is 19.9 Å². The molecule has 1 aliphatic heterocycles. The van der Waals surface area contributed by atoms with Crippen LogP contribution in [0.25, 0.3) is 11.1 Å². The van der Waals surface area contributed by atoms with E-state index in [4.69, 9.17) is 0 Å². The monoisotopic (exact) mass is 394 g/mol. The van der Waals surface area contributed by atoms with Crippen LogP contribution in [0, 0.1) is 0 Å². The van der Waals surface area contributed by atoms with Crippen molar-refractivity contribution in [3.63, 3.8) is 0 Å². The van der Waals surface area contributed by atoms with Crippen molar-refractivity contribution in [2.24, 2.45) is 0 Å². The van der Waals surface area contributed by atoms with Gasteiger partial charge < -0.3 is 5.32 Å². The van der Waals surface area contributed by atoms with Crippen LogP contribution < -0.4 is 5.32 Å². The standard InChI is InChI=1S/C18H22N2O4S2/c1-14-13-20(11-10-19-14)26(23,24)17-8-6-15(7-9-17)16-4-3-5-18(12-16)25(2,21)22/h3-9,12,14,19H,10-11,13H2,1-2H3/t14-/m1/s1. The topological polar surface area (TPSA) is 83.6 Å². The molecule has 1 atom stereocenters. The van der Waals surface area contributed by atoms with Gasteiger partial charge in [-0.2, -0.15) is 4.31 Å². The quantitative estimate of drug-likeness (QED) is 0.854. The molecule has 0 aromatic heterocycles. The summed E-state index contributed by atoms with van der Waals surface area (Å²) in [6.45, 7) is 3.49. The molecule has 1 saturated heterocycles. The lowest BCUT2D eigenvalue weighted by Gasteiger charge is -2.31. The molecule has 140 valence electrons. The number of nitrogens with zero attached hydrogens (tertiary/aromatic N) is 1. The summed E-state index contributed by atoms with van der Waals surface area (Å²) in [4.78, 5) is 0.483. The summed E-state index contributed by atoms with van der Waals surface area (Å²) in [5, 5.41) is 3.23. The fourth-order valence-corrected chi connectivity index (χ4v) is 5.19. The zero-order valence-corrected chi connectivity index (χ0v) is 16.3. The minimum absolute atomic E-state index is 0.122. The van der Waals surface area contributed by atoms with Gasteiger partial charge in [0.05, 0.1) is 9.79 Å². The average molecular weight is 395 g/mol. The van der Waals surface area contributed by atoms with Crippen molar-refractivity contribution in [3.05, 3.63) is 48.5 Å². The summed E-state index contributed by atoms with van der Waals surface area (Å²) in [6, 6.07) is 13.3. The number of rotatable bonds is 4. The van der Waals surface area contributed by atoms with E-state index in [0.717, 1.165) is 17.4 Å². The highest BCUT2D eigenvalue weighted by Gasteiger charge is 2.28. The van der Waals surface area contributed by atoms with Gasteiger partial charge in [-0.1, -0.05) is 24.3 Å². The second kappa shape index (κ2) is 7.11. The Morgan fingerprint density at radius 1 is 0.962 bits per heavy atom. The summed E-state index contributed by atoms with van der Waals surface area (Å²) >= 11 is 0. The van der Waals surface area contributed by atoms with Crippen molar-refractivity contribution in [2.45, 2.75) is 22.8 Å². The Labute approximate surface area is 154 Å². The normalized spacial score (nSPS) is 19.4. The van der Waals surface area contributed by atoms with Gasteiger partial charge in [-0.25, -0.2) is 16.8 Å². The minimum atomic E-state index is -3.53. The third-order valence-corrected chi connectivity index (χ3v) is 7.41. The minimum Gasteiger partial charge on any atom is -0.312 e. The molecule has 3 rings (SSSR count). The van der Waals surface area contributed by atoms with Crippen molar-refractivity contribution in [2.75, 3.05) is 25.9 Å². The van der Waals surface area contributed by atoms with Gasteiger partial charge in [-0.3, -0.25) is 0 Å². The Bertz CT molecular complexity index is 1000. The van der Waals surface area contributed by atoms with Crippen molar-refractivity contribution < 1.29 is 16.8 Å².